The summed E-state index contributed by atoms with van der Waals surface area (Å²) in [6, 6.07) is -0.539. The molecule has 0 rings (SSSR count). The number of hydrogen-bond acceptors (Lipinski definition) is 5. The van der Waals surface area contributed by atoms with Gasteiger partial charge in [-0.1, -0.05) is 378 Å². The number of aliphatic hydroxyl groups is 2. The Morgan fingerprint density at radius 2 is 0.571 bits per heavy atom. The largest absolute Gasteiger partial charge is 0.466 e. The molecule has 2 atom stereocenters. The molecule has 0 saturated heterocycles. The number of allylic oxidation sites excluding steroid dienone is 4. The average Bonchev–Trinajstić information content (AvgIpc) is 3.51. The molecule has 0 aromatic rings. The van der Waals surface area contributed by atoms with E-state index in [1.165, 1.54) is 360 Å². The molecule has 0 aliphatic heterocycles. The molecule has 84 heavy (non-hydrogen) atoms. The number of rotatable bonds is 73. The van der Waals surface area contributed by atoms with E-state index in [9.17, 15) is 19.8 Å². The fraction of sp³-hybridized carbons (Fsp3) is 0.923. The van der Waals surface area contributed by atoms with Gasteiger partial charge in [0.1, 0.15) is 0 Å². The van der Waals surface area contributed by atoms with Crippen molar-refractivity contribution in [2.75, 3.05) is 13.2 Å². The SMILES string of the molecule is CCCC/C=C\CCCCCCCC(=O)OCCCCCCCCCCCCCCCCCC/C=C\CCCCCCCCCCCCCCCCCCCC(=O)NC(CO)C(O)CCCCCCCCCCCCCCCCCCCCC. The second kappa shape index (κ2) is 73.8. The Hall–Kier alpha value is -1.66. The highest BCUT2D eigenvalue weighted by molar-refractivity contribution is 5.76. The van der Waals surface area contributed by atoms with Gasteiger partial charge in [-0.3, -0.25) is 9.59 Å². The van der Waals surface area contributed by atoms with Crippen LogP contribution in [0.2, 0.25) is 0 Å². The number of aliphatic hydroxyl groups excluding tert-OH is 2. The summed E-state index contributed by atoms with van der Waals surface area (Å²) in [6.07, 6.45) is 94.1. The lowest BCUT2D eigenvalue weighted by atomic mass is 10.0. The molecule has 0 fully saturated rings. The van der Waals surface area contributed by atoms with E-state index >= 15 is 0 Å². The highest BCUT2D eigenvalue weighted by Gasteiger charge is 2.20. The van der Waals surface area contributed by atoms with Crippen LogP contribution in [0.1, 0.15) is 438 Å². The van der Waals surface area contributed by atoms with Crippen molar-refractivity contribution < 1.29 is 24.5 Å². The number of ether oxygens (including phenoxy) is 1. The minimum Gasteiger partial charge on any atom is -0.466 e. The van der Waals surface area contributed by atoms with Crippen molar-refractivity contribution >= 4 is 11.9 Å². The van der Waals surface area contributed by atoms with Crippen LogP contribution in [0.5, 0.6) is 0 Å². The van der Waals surface area contributed by atoms with Gasteiger partial charge >= 0.3 is 5.97 Å². The van der Waals surface area contributed by atoms with Crippen LogP contribution in [0, 0.1) is 0 Å². The molecule has 6 nitrogen and oxygen atoms in total. The Morgan fingerprint density at radius 1 is 0.321 bits per heavy atom. The molecular formula is C78H151NO5. The second-order valence-corrected chi connectivity index (χ2v) is 26.7. The Balaban J connectivity index is 3.33. The van der Waals surface area contributed by atoms with Gasteiger partial charge in [0.25, 0.3) is 0 Å². The summed E-state index contributed by atoms with van der Waals surface area (Å²) < 4.78 is 5.47. The summed E-state index contributed by atoms with van der Waals surface area (Å²) in [5.74, 6) is -0.0153. The van der Waals surface area contributed by atoms with Gasteiger partial charge in [0.2, 0.25) is 5.91 Å². The van der Waals surface area contributed by atoms with Crippen LogP contribution in [0.4, 0.5) is 0 Å². The molecule has 3 N–H and O–H groups in total. The zero-order chi connectivity index (χ0) is 60.6. The third kappa shape index (κ3) is 69.4. The smallest absolute Gasteiger partial charge is 0.305 e. The minimum atomic E-state index is -0.662. The van der Waals surface area contributed by atoms with E-state index in [2.05, 4.69) is 43.5 Å². The Kier molecular flexibility index (Phi) is 72.3. The standard InChI is InChI=1S/C78H151NO5/c1-3-5-7-9-11-13-15-16-17-18-38-41-44-47-51-54-58-62-66-70-76(81)75(74-80)79-77(82)71-67-63-59-55-52-48-45-42-39-36-34-32-30-28-26-24-22-20-19-21-23-25-27-29-31-33-35-37-40-43-46-49-53-57-61-65-69-73-84-78(83)72-68-64-60-56-50-14-12-10-8-6-4-2/h10,12,19,21,75-76,80-81H,3-9,11,13-18,20,22-74H2,1-2H3,(H,79,82)/b12-10-,21-19-. The summed E-state index contributed by atoms with van der Waals surface area (Å²) in [5.41, 5.74) is 0. The maximum absolute atomic E-state index is 12.5. The number of nitrogens with one attached hydrogen (secondary N) is 1. The van der Waals surface area contributed by atoms with Gasteiger partial charge in [-0.2, -0.15) is 0 Å². The summed E-state index contributed by atoms with van der Waals surface area (Å²) >= 11 is 0. The van der Waals surface area contributed by atoms with E-state index in [4.69, 9.17) is 4.74 Å². The third-order valence-electron chi connectivity index (χ3n) is 18.2. The van der Waals surface area contributed by atoms with E-state index < -0.39 is 12.1 Å². The highest BCUT2D eigenvalue weighted by Crippen LogP contribution is 2.20. The first-order chi connectivity index (χ1) is 41.5. The fourth-order valence-electron chi connectivity index (χ4n) is 12.3. The molecule has 0 spiro atoms. The molecule has 498 valence electrons. The van der Waals surface area contributed by atoms with Crippen molar-refractivity contribution in [3.63, 3.8) is 0 Å². The molecule has 0 aliphatic rings. The van der Waals surface area contributed by atoms with Gasteiger partial charge in [0.05, 0.1) is 25.4 Å². The van der Waals surface area contributed by atoms with Crippen LogP contribution in [0.15, 0.2) is 24.3 Å². The van der Waals surface area contributed by atoms with Gasteiger partial charge in [-0.25, -0.2) is 0 Å². The van der Waals surface area contributed by atoms with Crippen molar-refractivity contribution in [3.8, 4) is 0 Å². The number of unbranched alkanes of at least 4 members (excludes halogenated alkanes) is 58. The average molecular weight is 1180 g/mol. The third-order valence-corrected chi connectivity index (χ3v) is 18.2. The Bertz CT molecular complexity index is 1320. The molecule has 0 aromatic carbocycles. The summed E-state index contributed by atoms with van der Waals surface area (Å²) in [6.45, 7) is 4.96. The molecule has 1 amide bonds. The quantitative estimate of drug-likeness (QED) is 0.0320. The summed E-state index contributed by atoms with van der Waals surface area (Å²) in [4.78, 5) is 24.6. The molecule has 0 aromatic heterocycles. The van der Waals surface area contributed by atoms with Gasteiger partial charge in [-0.05, 0) is 70.6 Å². The highest BCUT2D eigenvalue weighted by atomic mass is 16.5. The molecule has 0 radical (unpaired) electrons. The van der Waals surface area contributed by atoms with Crippen molar-refractivity contribution in [1.82, 2.24) is 5.32 Å². The number of esters is 1. The molecule has 0 aliphatic carbocycles. The lowest BCUT2D eigenvalue weighted by Gasteiger charge is -2.22. The van der Waals surface area contributed by atoms with Crippen LogP contribution in [0.25, 0.3) is 0 Å². The molecule has 0 saturated carbocycles. The van der Waals surface area contributed by atoms with E-state index in [0.29, 0.717) is 25.9 Å². The van der Waals surface area contributed by atoms with E-state index in [-0.39, 0.29) is 18.5 Å². The number of hydrogen-bond donors (Lipinski definition) is 3. The zero-order valence-electron chi connectivity index (χ0n) is 57.2. The van der Waals surface area contributed by atoms with Crippen LogP contribution in [0.3, 0.4) is 0 Å². The summed E-state index contributed by atoms with van der Waals surface area (Å²) in [7, 11) is 0. The van der Waals surface area contributed by atoms with Gasteiger partial charge in [0.15, 0.2) is 0 Å². The van der Waals surface area contributed by atoms with E-state index in [0.717, 1.165) is 44.9 Å². The molecule has 2 unspecified atom stereocenters. The van der Waals surface area contributed by atoms with Crippen molar-refractivity contribution in [2.45, 2.75) is 450 Å². The van der Waals surface area contributed by atoms with Crippen LogP contribution >= 0.6 is 0 Å². The maximum Gasteiger partial charge on any atom is 0.305 e. The second-order valence-electron chi connectivity index (χ2n) is 26.7. The van der Waals surface area contributed by atoms with Gasteiger partial charge < -0.3 is 20.3 Å². The molecule has 0 heterocycles. The van der Waals surface area contributed by atoms with Crippen LogP contribution in [-0.2, 0) is 14.3 Å². The zero-order valence-corrected chi connectivity index (χ0v) is 57.2. The number of amides is 1. The Morgan fingerprint density at radius 3 is 0.881 bits per heavy atom. The van der Waals surface area contributed by atoms with Crippen LogP contribution in [-0.4, -0.2) is 47.4 Å². The lowest BCUT2D eigenvalue weighted by Crippen LogP contribution is -2.45. The van der Waals surface area contributed by atoms with Crippen molar-refractivity contribution in [1.29, 1.82) is 0 Å². The molecule has 6 heteroatoms. The fourth-order valence-corrected chi connectivity index (χ4v) is 12.3. The monoisotopic (exact) mass is 1180 g/mol. The first-order valence-electron chi connectivity index (χ1n) is 38.6. The van der Waals surface area contributed by atoms with E-state index in [1.807, 2.05) is 0 Å². The maximum atomic E-state index is 12.5. The first kappa shape index (κ1) is 82.3. The normalized spacial score (nSPS) is 12.6. The van der Waals surface area contributed by atoms with Crippen molar-refractivity contribution in [2.24, 2.45) is 0 Å². The topological polar surface area (TPSA) is 95.9 Å². The van der Waals surface area contributed by atoms with Gasteiger partial charge in [0, 0.05) is 12.8 Å². The van der Waals surface area contributed by atoms with Gasteiger partial charge in [-0.15, -0.1) is 0 Å². The van der Waals surface area contributed by atoms with Crippen LogP contribution < -0.4 is 5.32 Å². The minimum absolute atomic E-state index is 0.0109. The van der Waals surface area contributed by atoms with E-state index in [1.54, 1.807) is 0 Å². The first-order valence-corrected chi connectivity index (χ1v) is 38.6. The Labute approximate surface area is 526 Å². The number of carbonyl (C=O) groups excluding carboxylic acids is 2. The molecule has 0 bridgehead atoms. The summed E-state index contributed by atoms with van der Waals surface area (Å²) in [5, 5.41) is 23.4. The van der Waals surface area contributed by atoms with Crippen molar-refractivity contribution in [3.05, 3.63) is 24.3 Å². The predicted molar refractivity (Wildman–Crippen MR) is 370 cm³/mol. The lowest BCUT2D eigenvalue weighted by molar-refractivity contribution is -0.143. The predicted octanol–water partition coefficient (Wildman–Crippen LogP) is 25.3. The molecular weight excluding hydrogens is 1030 g/mol. The number of carbonyl (C=O) groups is 2.